The van der Waals surface area contributed by atoms with E-state index < -0.39 is 73.9 Å². The van der Waals surface area contributed by atoms with Crippen molar-refractivity contribution in [3.05, 3.63) is 0 Å². The van der Waals surface area contributed by atoms with Crippen LogP contribution in [-0.2, 0) is 33.8 Å². The molecule has 288 valence electrons. The Hall–Kier alpha value is -2.74. The van der Waals surface area contributed by atoms with Crippen LogP contribution in [0.4, 0.5) is 4.79 Å². The summed E-state index contributed by atoms with van der Waals surface area (Å²) >= 11 is 0. The van der Waals surface area contributed by atoms with E-state index >= 15 is 0 Å². The number of sulfone groups is 1. The number of urea groups is 1. The summed E-state index contributed by atoms with van der Waals surface area (Å²) in [6.07, 6.45) is 8.69. The number of fused-ring (bicyclic) bond motifs is 3. The predicted octanol–water partition coefficient (Wildman–Crippen LogP) is 3.15. The lowest BCUT2D eigenvalue weighted by Gasteiger charge is -2.40. The molecule has 0 spiro atoms. The Morgan fingerprint density at radius 2 is 1.55 bits per heavy atom. The second kappa shape index (κ2) is 15.3. The van der Waals surface area contributed by atoms with E-state index in [2.05, 4.69) is 35.1 Å². The molecule has 0 bridgehead atoms. The maximum absolute atomic E-state index is 14.6. The highest BCUT2D eigenvalue weighted by molar-refractivity contribution is 7.92. The highest BCUT2D eigenvalue weighted by Gasteiger charge is 2.69. The van der Waals surface area contributed by atoms with Gasteiger partial charge in [-0.25, -0.2) is 13.2 Å². The van der Waals surface area contributed by atoms with Gasteiger partial charge in [-0.3, -0.25) is 19.2 Å². The lowest BCUT2D eigenvalue weighted by molar-refractivity contribution is -0.146. The molecule has 2 aliphatic heterocycles. The molecule has 2 heterocycles. The minimum absolute atomic E-state index is 0.000961. The van der Waals surface area contributed by atoms with Gasteiger partial charge in [0.05, 0.1) is 28.2 Å². The number of ketones is 1. The average molecular weight is 736 g/mol. The Bertz CT molecular complexity index is 1450. The van der Waals surface area contributed by atoms with Crippen LogP contribution in [-0.4, -0.2) is 102 Å². The van der Waals surface area contributed by atoms with Gasteiger partial charge in [0, 0.05) is 19.2 Å². The van der Waals surface area contributed by atoms with Crippen LogP contribution >= 0.6 is 0 Å². The summed E-state index contributed by atoms with van der Waals surface area (Å²) in [5, 5.41) is 11.5. The van der Waals surface area contributed by atoms with Crippen molar-refractivity contribution in [2.24, 2.45) is 17.3 Å². The number of rotatable bonds is 7. The van der Waals surface area contributed by atoms with Crippen molar-refractivity contribution in [2.45, 2.75) is 166 Å². The number of carbonyl (C=O) groups excluding carboxylic acids is 5. The monoisotopic (exact) mass is 735 g/mol. The van der Waals surface area contributed by atoms with Gasteiger partial charge >= 0.3 is 6.03 Å². The summed E-state index contributed by atoms with van der Waals surface area (Å²) in [4.78, 5) is 70.3. The zero-order chi connectivity index (χ0) is 37.4. The fourth-order valence-corrected chi connectivity index (χ4v) is 9.94. The van der Waals surface area contributed by atoms with Crippen LogP contribution < -0.4 is 21.3 Å². The predicted molar refractivity (Wildman–Crippen MR) is 192 cm³/mol. The van der Waals surface area contributed by atoms with Crippen molar-refractivity contribution in [1.82, 2.24) is 26.2 Å². The Morgan fingerprint density at radius 3 is 2.20 bits per heavy atom. The Balaban J connectivity index is 1.39. The van der Waals surface area contributed by atoms with Gasteiger partial charge in [-0.05, 0) is 83.5 Å². The van der Waals surface area contributed by atoms with E-state index in [1.807, 2.05) is 0 Å². The number of hydrogen-bond acceptors (Lipinski definition) is 8. The third kappa shape index (κ3) is 9.08. The molecule has 5 fully saturated rings. The Kier molecular flexibility index (Phi) is 11.9. The summed E-state index contributed by atoms with van der Waals surface area (Å²) in [6, 6.07) is -3.70. The summed E-state index contributed by atoms with van der Waals surface area (Å²) in [7, 11) is -3.58. The molecular formula is C37H61N5O8S. The summed E-state index contributed by atoms with van der Waals surface area (Å²) in [6.45, 7) is 11.5. The van der Waals surface area contributed by atoms with Gasteiger partial charge in [-0.1, -0.05) is 58.8 Å². The van der Waals surface area contributed by atoms with Crippen molar-refractivity contribution < 1.29 is 37.1 Å². The second-order valence-electron chi connectivity index (χ2n) is 17.5. The van der Waals surface area contributed by atoms with E-state index in [4.69, 9.17) is 4.74 Å². The van der Waals surface area contributed by atoms with Crippen molar-refractivity contribution in [1.29, 1.82) is 0 Å². The molecule has 14 heteroatoms. The zero-order valence-corrected chi connectivity index (χ0v) is 32.3. The summed E-state index contributed by atoms with van der Waals surface area (Å²) in [5.41, 5.74) is -1.19. The second-order valence-corrected chi connectivity index (χ2v) is 20.2. The van der Waals surface area contributed by atoms with E-state index in [-0.39, 0.29) is 29.0 Å². The molecule has 5 amide bonds. The normalized spacial score (nSPS) is 31.8. The molecule has 0 radical (unpaired) electrons. The highest BCUT2D eigenvalue weighted by atomic mass is 32.2. The van der Waals surface area contributed by atoms with Gasteiger partial charge in [0.25, 0.3) is 5.91 Å². The first-order chi connectivity index (χ1) is 23.9. The van der Waals surface area contributed by atoms with Crippen LogP contribution in [0.2, 0.25) is 0 Å². The third-order valence-corrected chi connectivity index (χ3v) is 15.0. The smallest absolute Gasteiger partial charge is 0.315 e. The minimum atomic E-state index is -3.58. The highest BCUT2D eigenvalue weighted by Crippen LogP contribution is 2.65. The molecule has 6 atom stereocenters. The van der Waals surface area contributed by atoms with Crippen LogP contribution in [0.25, 0.3) is 0 Å². The molecule has 0 unspecified atom stereocenters. The quantitative estimate of drug-likeness (QED) is 0.288. The van der Waals surface area contributed by atoms with E-state index in [9.17, 15) is 32.4 Å². The number of hydrogen-bond donors (Lipinski definition) is 4. The van der Waals surface area contributed by atoms with Crippen LogP contribution in [0.15, 0.2) is 0 Å². The molecule has 3 saturated carbocycles. The molecule has 2 saturated heterocycles. The van der Waals surface area contributed by atoms with Gasteiger partial charge in [0.2, 0.25) is 17.6 Å². The SMILES string of the molecule is C[C@@H]1OCCCCCCC[C@@H](C(=O)C(=O)NC2CC2)NC(=O)[C@@H]2[C@@H]3[C@H](CN2C(=O)[C@H]1NC(=O)NC1(CS(=O)(=O)C(C)(C)C)CCCCC1)C3(C)C. The standard InChI is InChI=1S/C37H61N5O8S/c1-23-28(40-34(47)41-37(18-12-10-13-19-37)22-51(48,49)35(2,3)4)33(46)42-21-25-27(36(25,5)6)29(42)31(44)39-26(15-11-8-7-9-14-20-50-23)30(43)32(45)38-24-16-17-24/h23-29H,7-22H2,1-6H3,(H,38,45)(H,39,44)(H2,40,41,47)/t23-,25-,26-,27-,28-,29-/m0/s1. The zero-order valence-electron chi connectivity index (χ0n) is 31.5. The van der Waals surface area contributed by atoms with Crippen molar-refractivity contribution >= 4 is 39.4 Å². The fraction of sp³-hybridized carbons (Fsp3) is 0.865. The van der Waals surface area contributed by atoms with Crippen molar-refractivity contribution in [3.8, 4) is 0 Å². The number of carbonyl (C=O) groups is 5. The number of piperidine rings is 1. The third-order valence-electron chi connectivity index (χ3n) is 12.2. The first-order valence-corrected chi connectivity index (χ1v) is 20.9. The average Bonchev–Trinajstić information content (AvgIpc) is 3.89. The van der Waals surface area contributed by atoms with Gasteiger partial charge in [0.1, 0.15) is 12.1 Å². The van der Waals surface area contributed by atoms with Gasteiger partial charge in [0.15, 0.2) is 9.84 Å². The van der Waals surface area contributed by atoms with Crippen molar-refractivity contribution in [2.75, 3.05) is 18.9 Å². The maximum Gasteiger partial charge on any atom is 0.315 e. The largest absolute Gasteiger partial charge is 0.376 e. The molecule has 51 heavy (non-hydrogen) atoms. The lowest BCUT2D eigenvalue weighted by Crippen LogP contribution is -2.64. The molecule has 0 aromatic rings. The summed E-state index contributed by atoms with van der Waals surface area (Å²) in [5.74, 6) is -2.61. The van der Waals surface area contributed by atoms with Crippen LogP contribution in [0.3, 0.4) is 0 Å². The molecule has 0 aromatic carbocycles. The Labute approximate surface area is 303 Å². The first kappa shape index (κ1) is 39.5. The maximum atomic E-state index is 14.6. The van der Waals surface area contributed by atoms with E-state index in [0.29, 0.717) is 38.8 Å². The lowest BCUT2D eigenvalue weighted by atomic mass is 9.83. The molecule has 5 aliphatic rings. The number of ether oxygens (including phenoxy) is 1. The first-order valence-electron chi connectivity index (χ1n) is 19.2. The molecule has 3 aliphatic carbocycles. The van der Waals surface area contributed by atoms with E-state index in [1.165, 1.54) is 4.90 Å². The van der Waals surface area contributed by atoms with Gasteiger partial charge in [-0.15, -0.1) is 0 Å². The van der Waals surface area contributed by atoms with E-state index in [0.717, 1.165) is 57.8 Å². The van der Waals surface area contributed by atoms with E-state index in [1.54, 1.807) is 27.7 Å². The van der Waals surface area contributed by atoms with Crippen LogP contribution in [0, 0.1) is 17.3 Å². The number of nitrogens with one attached hydrogen (secondary N) is 4. The molecule has 4 N–H and O–H groups in total. The number of Topliss-reactive ketones (excluding diaryl/α,β-unsaturated/α-hetero) is 1. The van der Waals surface area contributed by atoms with Crippen LogP contribution in [0.1, 0.15) is 125 Å². The van der Waals surface area contributed by atoms with Crippen LogP contribution in [0.5, 0.6) is 0 Å². The molecule has 0 aromatic heterocycles. The van der Waals surface area contributed by atoms with Gasteiger partial charge < -0.3 is 30.9 Å². The fourth-order valence-electron chi connectivity index (χ4n) is 8.42. The number of amides is 5. The molecular weight excluding hydrogens is 675 g/mol. The topological polar surface area (TPSA) is 180 Å². The summed E-state index contributed by atoms with van der Waals surface area (Å²) < 4.78 is 31.9. The van der Waals surface area contributed by atoms with Crippen molar-refractivity contribution in [3.63, 3.8) is 0 Å². The number of nitrogens with zero attached hydrogens (tertiary/aromatic N) is 1. The van der Waals surface area contributed by atoms with Gasteiger partial charge in [-0.2, -0.15) is 0 Å². The Morgan fingerprint density at radius 1 is 0.922 bits per heavy atom. The molecule has 5 rings (SSSR count). The minimum Gasteiger partial charge on any atom is -0.376 e. The molecule has 13 nitrogen and oxygen atoms in total.